The van der Waals surface area contributed by atoms with Crippen LogP contribution in [-0.4, -0.2) is 30.3 Å². The first kappa shape index (κ1) is 13.8. The van der Waals surface area contributed by atoms with Crippen molar-refractivity contribution in [2.75, 3.05) is 18.5 Å². The Labute approximate surface area is 112 Å². The zero-order valence-electron chi connectivity index (χ0n) is 11.0. The van der Waals surface area contributed by atoms with Gasteiger partial charge in [-0.15, -0.1) is 0 Å². The predicted molar refractivity (Wildman–Crippen MR) is 71.1 cm³/mol. The van der Waals surface area contributed by atoms with E-state index in [0.717, 1.165) is 12.8 Å². The van der Waals surface area contributed by atoms with E-state index < -0.39 is 0 Å². The van der Waals surface area contributed by atoms with Gasteiger partial charge in [-0.3, -0.25) is 4.79 Å². The van der Waals surface area contributed by atoms with Crippen LogP contribution in [0.3, 0.4) is 0 Å². The molecular formula is C14H19NO4. The molecule has 1 unspecified atom stereocenters. The maximum absolute atomic E-state index is 11.9. The normalized spacial score (nSPS) is 18.3. The van der Waals surface area contributed by atoms with Crippen LogP contribution in [0.4, 0.5) is 5.69 Å². The summed E-state index contributed by atoms with van der Waals surface area (Å²) in [6, 6.07) is 5.23. The number of carbonyl (C=O) groups excluding carboxylic acids is 1. The molecule has 0 aromatic heterocycles. The van der Waals surface area contributed by atoms with Crippen molar-refractivity contribution in [2.24, 2.45) is 0 Å². The van der Waals surface area contributed by atoms with Crippen molar-refractivity contribution in [3.05, 3.63) is 23.8 Å². The highest BCUT2D eigenvalue weighted by molar-refractivity contribution is 5.94. The molecule has 1 aliphatic rings. The van der Waals surface area contributed by atoms with Crippen LogP contribution >= 0.6 is 0 Å². The van der Waals surface area contributed by atoms with Gasteiger partial charge in [0.1, 0.15) is 11.9 Å². The topological polar surface area (TPSA) is 67.8 Å². The third-order valence-corrected chi connectivity index (χ3v) is 3.02. The Kier molecular flexibility index (Phi) is 4.76. The van der Waals surface area contributed by atoms with Gasteiger partial charge in [0.05, 0.1) is 13.2 Å². The summed E-state index contributed by atoms with van der Waals surface area (Å²) in [6.07, 6.45) is 1.32. The number of carbonyl (C=O) groups is 1. The number of aliphatic hydroxyl groups excluding tert-OH is 1. The molecule has 0 saturated carbocycles. The molecule has 1 amide bonds. The van der Waals surface area contributed by atoms with E-state index in [0.29, 0.717) is 30.2 Å². The van der Waals surface area contributed by atoms with Crippen LogP contribution in [0.2, 0.25) is 0 Å². The lowest BCUT2D eigenvalue weighted by Gasteiger charge is -2.13. The molecule has 1 saturated heterocycles. The van der Waals surface area contributed by atoms with Gasteiger partial charge in [0.2, 0.25) is 0 Å². The molecule has 1 aromatic carbocycles. The molecule has 0 bridgehead atoms. The lowest BCUT2D eigenvalue weighted by atomic mass is 10.1. The van der Waals surface area contributed by atoms with Crippen LogP contribution in [0.5, 0.6) is 5.75 Å². The third kappa shape index (κ3) is 3.45. The fourth-order valence-corrected chi connectivity index (χ4v) is 2.08. The highest BCUT2D eigenvalue weighted by atomic mass is 16.5. The van der Waals surface area contributed by atoms with E-state index in [-0.39, 0.29) is 18.6 Å². The molecule has 0 aliphatic carbocycles. The van der Waals surface area contributed by atoms with E-state index in [2.05, 4.69) is 5.32 Å². The molecule has 19 heavy (non-hydrogen) atoms. The number of ether oxygens (including phenoxy) is 2. The number of aliphatic hydroxyl groups is 1. The highest BCUT2D eigenvalue weighted by Crippen LogP contribution is 2.24. The van der Waals surface area contributed by atoms with Crippen LogP contribution in [0.1, 0.15) is 25.3 Å². The van der Waals surface area contributed by atoms with Gasteiger partial charge in [-0.2, -0.15) is 0 Å². The van der Waals surface area contributed by atoms with Gasteiger partial charge in [-0.05, 0) is 38.0 Å². The van der Waals surface area contributed by atoms with Crippen LogP contribution in [0, 0.1) is 0 Å². The SMILES string of the molecule is CCOc1ccc(NC(=O)C2CCCO2)cc1CO. The van der Waals surface area contributed by atoms with E-state index in [1.807, 2.05) is 6.92 Å². The van der Waals surface area contributed by atoms with Crippen molar-refractivity contribution in [1.82, 2.24) is 0 Å². The van der Waals surface area contributed by atoms with E-state index >= 15 is 0 Å². The molecule has 5 heteroatoms. The Morgan fingerprint density at radius 1 is 1.58 bits per heavy atom. The molecule has 1 aliphatic heterocycles. The van der Waals surface area contributed by atoms with E-state index in [1.165, 1.54) is 0 Å². The average molecular weight is 265 g/mol. The number of rotatable bonds is 5. The van der Waals surface area contributed by atoms with Gasteiger partial charge in [0.15, 0.2) is 0 Å². The number of hydrogen-bond acceptors (Lipinski definition) is 4. The minimum absolute atomic E-state index is 0.126. The molecule has 1 fully saturated rings. The van der Waals surface area contributed by atoms with Crippen molar-refractivity contribution in [2.45, 2.75) is 32.5 Å². The summed E-state index contributed by atoms with van der Waals surface area (Å²) in [5, 5.41) is 12.1. The quantitative estimate of drug-likeness (QED) is 0.850. The standard InChI is InChI=1S/C14H19NO4/c1-2-18-12-6-5-11(8-10(12)9-16)15-14(17)13-4-3-7-19-13/h5-6,8,13,16H,2-4,7,9H2,1H3,(H,15,17). The van der Waals surface area contributed by atoms with Gasteiger partial charge in [0.25, 0.3) is 5.91 Å². The van der Waals surface area contributed by atoms with E-state index in [1.54, 1.807) is 18.2 Å². The lowest BCUT2D eigenvalue weighted by Crippen LogP contribution is -2.26. The zero-order chi connectivity index (χ0) is 13.7. The largest absolute Gasteiger partial charge is 0.494 e. The van der Waals surface area contributed by atoms with Crippen molar-refractivity contribution in [3.63, 3.8) is 0 Å². The average Bonchev–Trinajstić information content (AvgIpc) is 2.94. The molecule has 1 aromatic rings. The number of amides is 1. The second-order valence-electron chi connectivity index (χ2n) is 4.40. The minimum Gasteiger partial charge on any atom is -0.494 e. The molecule has 104 valence electrons. The van der Waals surface area contributed by atoms with Gasteiger partial charge in [0, 0.05) is 17.9 Å². The molecule has 2 rings (SSSR count). The van der Waals surface area contributed by atoms with Crippen LogP contribution in [0.25, 0.3) is 0 Å². The van der Waals surface area contributed by atoms with Gasteiger partial charge >= 0.3 is 0 Å². The number of benzene rings is 1. The predicted octanol–water partition coefficient (Wildman–Crippen LogP) is 1.70. The maximum atomic E-state index is 11.9. The summed E-state index contributed by atoms with van der Waals surface area (Å²) in [5.74, 6) is 0.505. The Bertz CT molecular complexity index is 441. The van der Waals surface area contributed by atoms with Crippen molar-refractivity contribution >= 4 is 11.6 Å². The van der Waals surface area contributed by atoms with Crippen molar-refractivity contribution < 1.29 is 19.4 Å². The molecular weight excluding hydrogens is 246 g/mol. The Hall–Kier alpha value is -1.59. The van der Waals surface area contributed by atoms with Gasteiger partial charge in [-0.1, -0.05) is 0 Å². The monoisotopic (exact) mass is 265 g/mol. The van der Waals surface area contributed by atoms with Crippen molar-refractivity contribution in [3.8, 4) is 5.75 Å². The zero-order valence-corrected chi connectivity index (χ0v) is 11.0. The first-order chi connectivity index (χ1) is 9.24. The molecule has 0 spiro atoms. The summed E-state index contributed by atoms with van der Waals surface area (Å²) < 4.78 is 10.7. The number of hydrogen-bond donors (Lipinski definition) is 2. The van der Waals surface area contributed by atoms with E-state index in [9.17, 15) is 9.90 Å². The summed E-state index contributed by atoms with van der Waals surface area (Å²) in [4.78, 5) is 11.9. The Balaban J connectivity index is 2.05. The molecule has 5 nitrogen and oxygen atoms in total. The number of anilines is 1. The molecule has 1 atom stereocenters. The van der Waals surface area contributed by atoms with Crippen LogP contribution < -0.4 is 10.1 Å². The fourth-order valence-electron chi connectivity index (χ4n) is 2.08. The van der Waals surface area contributed by atoms with Gasteiger partial charge < -0.3 is 19.9 Å². The van der Waals surface area contributed by atoms with Crippen molar-refractivity contribution in [1.29, 1.82) is 0 Å². The lowest BCUT2D eigenvalue weighted by molar-refractivity contribution is -0.124. The first-order valence-corrected chi connectivity index (χ1v) is 6.53. The fraction of sp³-hybridized carbons (Fsp3) is 0.500. The van der Waals surface area contributed by atoms with Gasteiger partial charge in [-0.25, -0.2) is 0 Å². The Morgan fingerprint density at radius 2 is 2.42 bits per heavy atom. The third-order valence-electron chi connectivity index (χ3n) is 3.02. The second-order valence-corrected chi connectivity index (χ2v) is 4.40. The second kappa shape index (κ2) is 6.54. The minimum atomic E-state index is -0.357. The smallest absolute Gasteiger partial charge is 0.253 e. The van der Waals surface area contributed by atoms with Crippen LogP contribution in [-0.2, 0) is 16.1 Å². The summed E-state index contributed by atoms with van der Waals surface area (Å²) in [7, 11) is 0. The first-order valence-electron chi connectivity index (χ1n) is 6.53. The van der Waals surface area contributed by atoms with Crippen LogP contribution in [0.15, 0.2) is 18.2 Å². The molecule has 1 heterocycles. The summed E-state index contributed by atoms with van der Waals surface area (Å²) >= 11 is 0. The highest BCUT2D eigenvalue weighted by Gasteiger charge is 2.23. The van der Waals surface area contributed by atoms with E-state index in [4.69, 9.17) is 9.47 Å². The Morgan fingerprint density at radius 3 is 3.05 bits per heavy atom. The molecule has 0 radical (unpaired) electrons. The molecule has 2 N–H and O–H groups in total. The summed E-state index contributed by atoms with van der Waals surface area (Å²) in [5.41, 5.74) is 1.31. The maximum Gasteiger partial charge on any atom is 0.253 e. The summed E-state index contributed by atoms with van der Waals surface area (Å²) in [6.45, 7) is 2.94. The number of nitrogens with one attached hydrogen (secondary N) is 1.